The molecule has 2 rings (SSSR count). The molecule has 0 fully saturated rings. The summed E-state index contributed by atoms with van der Waals surface area (Å²) in [4.78, 5) is 26.9. The highest BCUT2D eigenvalue weighted by Crippen LogP contribution is 2.21. The van der Waals surface area contributed by atoms with Crippen molar-refractivity contribution in [1.29, 1.82) is 0 Å². The monoisotopic (exact) mass is 290 g/mol. The Morgan fingerprint density at radius 1 is 1.29 bits per heavy atom. The molecule has 2 aromatic rings. The first-order valence-electron chi connectivity index (χ1n) is 5.86. The van der Waals surface area contributed by atoms with Crippen molar-refractivity contribution in [3.8, 4) is 5.88 Å². The van der Waals surface area contributed by atoms with Gasteiger partial charge in [-0.1, -0.05) is 6.07 Å². The molecule has 0 radical (unpaired) electrons. The summed E-state index contributed by atoms with van der Waals surface area (Å²) >= 11 is 0. The SMILES string of the molecule is COc1ccc(C(=O)Nc2c(F)cccc2C(=O)O)cn1. The number of carboxylic acid groups (broad SMARTS) is 1. The lowest BCUT2D eigenvalue weighted by Crippen LogP contribution is -2.16. The van der Waals surface area contributed by atoms with E-state index in [1.807, 2.05) is 0 Å². The van der Waals surface area contributed by atoms with Crippen molar-refractivity contribution in [1.82, 2.24) is 4.98 Å². The number of nitrogens with one attached hydrogen (secondary N) is 1. The van der Waals surface area contributed by atoms with Gasteiger partial charge in [-0.2, -0.15) is 0 Å². The smallest absolute Gasteiger partial charge is 0.337 e. The van der Waals surface area contributed by atoms with Crippen LogP contribution >= 0.6 is 0 Å². The number of hydrogen-bond donors (Lipinski definition) is 2. The van der Waals surface area contributed by atoms with Gasteiger partial charge in [0, 0.05) is 12.3 Å². The maximum Gasteiger partial charge on any atom is 0.337 e. The minimum absolute atomic E-state index is 0.149. The van der Waals surface area contributed by atoms with Gasteiger partial charge in [-0.3, -0.25) is 4.79 Å². The number of carbonyl (C=O) groups excluding carboxylic acids is 1. The molecular formula is C14H11FN2O4. The first-order valence-corrected chi connectivity index (χ1v) is 5.86. The number of carbonyl (C=O) groups is 2. The number of pyridine rings is 1. The van der Waals surface area contributed by atoms with E-state index in [9.17, 15) is 14.0 Å². The van der Waals surface area contributed by atoms with Crippen molar-refractivity contribution in [2.24, 2.45) is 0 Å². The number of halogens is 1. The van der Waals surface area contributed by atoms with Gasteiger partial charge >= 0.3 is 5.97 Å². The average molecular weight is 290 g/mol. The summed E-state index contributed by atoms with van der Waals surface area (Å²) in [7, 11) is 1.43. The second-order valence-electron chi connectivity index (χ2n) is 4.01. The second kappa shape index (κ2) is 6.00. The van der Waals surface area contributed by atoms with E-state index in [-0.39, 0.29) is 16.8 Å². The van der Waals surface area contributed by atoms with Crippen molar-refractivity contribution >= 4 is 17.6 Å². The number of benzene rings is 1. The Bertz CT molecular complexity index is 686. The summed E-state index contributed by atoms with van der Waals surface area (Å²) in [5, 5.41) is 11.2. The summed E-state index contributed by atoms with van der Waals surface area (Å²) in [6.45, 7) is 0. The lowest BCUT2D eigenvalue weighted by Gasteiger charge is -2.09. The topological polar surface area (TPSA) is 88.5 Å². The number of aromatic nitrogens is 1. The number of methoxy groups -OCH3 is 1. The lowest BCUT2D eigenvalue weighted by atomic mass is 10.1. The van der Waals surface area contributed by atoms with Crippen molar-refractivity contribution in [3.63, 3.8) is 0 Å². The Morgan fingerprint density at radius 3 is 2.62 bits per heavy atom. The quantitative estimate of drug-likeness (QED) is 0.901. The zero-order chi connectivity index (χ0) is 15.4. The van der Waals surface area contributed by atoms with Crippen molar-refractivity contribution in [2.45, 2.75) is 0 Å². The number of ether oxygens (including phenoxy) is 1. The molecule has 6 nitrogen and oxygen atoms in total. The zero-order valence-corrected chi connectivity index (χ0v) is 11.0. The van der Waals surface area contributed by atoms with E-state index in [0.29, 0.717) is 5.88 Å². The van der Waals surface area contributed by atoms with Gasteiger partial charge in [0.25, 0.3) is 5.91 Å². The van der Waals surface area contributed by atoms with Crippen LogP contribution in [0.2, 0.25) is 0 Å². The summed E-state index contributed by atoms with van der Waals surface area (Å²) in [5.74, 6) is -2.51. The zero-order valence-electron chi connectivity index (χ0n) is 11.0. The summed E-state index contributed by atoms with van der Waals surface area (Å²) in [5.41, 5.74) is -0.564. The molecule has 108 valence electrons. The molecule has 0 bridgehead atoms. The van der Waals surface area contributed by atoms with Gasteiger partial charge in [-0.25, -0.2) is 14.2 Å². The molecule has 0 aliphatic rings. The van der Waals surface area contributed by atoms with Gasteiger partial charge in [0.05, 0.1) is 23.9 Å². The van der Waals surface area contributed by atoms with Crippen LogP contribution in [0.1, 0.15) is 20.7 Å². The van der Waals surface area contributed by atoms with Crippen LogP contribution in [0.3, 0.4) is 0 Å². The molecule has 1 amide bonds. The van der Waals surface area contributed by atoms with Crippen LogP contribution in [-0.2, 0) is 0 Å². The molecular weight excluding hydrogens is 279 g/mol. The Kier molecular flexibility index (Phi) is 4.13. The summed E-state index contributed by atoms with van der Waals surface area (Å²) in [6, 6.07) is 6.42. The number of amides is 1. The van der Waals surface area contributed by atoms with Gasteiger partial charge < -0.3 is 15.2 Å². The lowest BCUT2D eigenvalue weighted by molar-refractivity contribution is 0.0697. The van der Waals surface area contributed by atoms with Crippen LogP contribution in [0.25, 0.3) is 0 Å². The number of anilines is 1. The molecule has 0 spiro atoms. The predicted octanol–water partition coefficient (Wildman–Crippen LogP) is 2.18. The molecule has 1 aromatic heterocycles. The van der Waals surface area contributed by atoms with Gasteiger partial charge in [0.15, 0.2) is 0 Å². The van der Waals surface area contributed by atoms with E-state index < -0.39 is 17.7 Å². The predicted molar refractivity (Wildman–Crippen MR) is 72.1 cm³/mol. The third kappa shape index (κ3) is 3.14. The van der Waals surface area contributed by atoms with E-state index >= 15 is 0 Å². The Morgan fingerprint density at radius 2 is 2.05 bits per heavy atom. The molecule has 0 atom stereocenters. The molecule has 21 heavy (non-hydrogen) atoms. The molecule has 1 heterocycles. The fraction of sp³-hybridized carbons (Fsp3) is 0.0714. The van der Waals surface area contributed by atoms with E-state index in [1.54, 1.807) is 0 Å². The minimum Gasteiger partial charge on any atom is -0.481 e. The molecule has 7 heteroatoms. The number of rotatable bonds is 4. The number of para-hydroxylation sites is 1. The number of nitrogens with zero attached hydrogens (tertiary/aromatic N) is 1. The van der Waals surface area contributed by atoms with Crippen LogP contribution in [-0.4, -0.2) is 29.1 Å². The molecule has 2 N–H and O–H groups in total. The number of carboxylic acids is 1. The third-order valence-corrected chi connectivity index (χ3v) is 2.69. The largest absolute Gasteiger partial charge is 0.481 e. The standard InChI is InChI=1S/C14H11FN2O4/c1-21-11-6-5-8(7-16-11)13(18)17-12-9(14(19)20)3-2-4-10(12)15/h2-7H,1H3,(H,17,18)(H,19,20). The number of aromatic carboxylic acids is 1. The third-order valence-electron chi connectivity index (χ3n) is 2.69. The Balaban J connectivity index is 2.29. The van der Waals surface area contributed by atoms with Crippen LogP contribution in [0.15, 0.2) is 36.5 Å². The number of hydrogen-bond acceptors (Lipinski definition) is 4. The van der Waals surface area contributed by atoms with Crippen molar-refractivity contribution < 1.29 is 23.8 Å². The first kappa shape index (κ1) is 14.4. The molecule has 0 aliphatic heterocycles. The fourth-order valence-electron chi connectivity index (χ4n) is 1.65. The molecule has 1 aromatic carbocycles. The van der Waals surface area contributed by atoms with E-state index in [1.165, 1.54) is 37.6 Å². The highest BCUT2D eigenvalue weighted by atomic mass is 19.1. The Labute approximate surface area is 119 Å². The molecule has 0 saturated heterocycles. The first-order chi connectivity index (χ1) is 10.0. The van der Waals surface area contributed by atoms with Gasteiger partial charge in [0.1, 0.15) is 5.82 Å². The fourth-order valence-corrected chi connectivity index (χ4v) is 1.65. The maximum atomic E-state index is 13.7. The minimum atomic E-state index is -1.34. The van der Waals surface area contributed by atoms with E-state index in [2.05, 4.69) is 10.3 Å². The maximum absolute atomic E-state index is 13.7. The van der Waals surface area contributed by atoms with Gasteiger partial charge in [-0.15, -0.1) is 0 Å². The highest BCUT2D eigenvalue weighted by Gasteiger charge is 2.17. The highest BCUT2D eigenvalue weighted by molar-refractivity contribution is 6.07. The Hall–Kier alpha value is -2.96. The molecule has 0 saturated carbocycles. The van der Waals surface area contributed by atoms with Crippen molar-refractivity contribution in [2.75, 3.05) is 12.4 Å². The normalized spacial score (nSPS) is 10.0. The van der Waals surface area contributed by atoms with Crippen LogP contribution in [0, 0.1) is 5.82 Å². The van der Waals surface area contributed by atoms with Crippen molar-refractivity contribution in [3.05, 3.63) is 53.5 Å². The van der Waals surface area contributed by atoms with Gasteiger partial charge in [-0.05, 0) is 18.2 Å². The van der Waals surface area contributed by atoms with Crippen LogP contribution in [0.4, 0.5) is 10.1 Å². The molecule has 0 unspecified atom stereocenters. The van der Waals surface area contributed by atoms with Gasteiger partial charge in [0.2, 0.25) is 5.88 Å². The second-order valence-corrected chi connectivity index (χ2v) is 4.01. The van der Waals surface area contributed by atoms with E-state index in [0.717, 1.165) is 6.07 Å². The summed E-state index contributed by atoms with van der Waals surface area (Å²) in [6.07, 6.45) is 1.25. The van der Waals surface area contributed by atoms with Crippen LogP contribution in [0.5, 0.6) is 5.88 Å². The van der Waals surface area contributed by atoms with E-state index in [4.69, 9.17) is 9.84 Å². The average Bonchev–Trinajstić information content (AvgIpc) is 2.49. The molecule has 0 aliphatic carbocycles. The summed E-state index contributed by atoms with van der Waals surface area (Å²) < 4.78 is 18.5. The van der Waals surface area contributed by atoms with Crippen LogP contribution < -0.4 is 10.1 Å².